The first-order valence-corrected chi connectivity index (χ1v) is 11.6. The van der Waals surface area contributed by atoms with Gasteiger partial charge in [-0.1, -0.05) is 12.1 Å². The van der Waals surface area contributed by atoms with Crippen molar-refractivity contribution in [1.29, 1.82) is 0 Å². The third-order valence-electron chi connectivity index (χ3n) is 6.32. The molecule has 0 aliphatic rings. The van der Waals surface area contributed by atoms with Crippen molar-refractivity contribution in [1.82, 2.24) is 4.98 Å². The monoisotopic (exact) mass is 477 g/mol. The maximum absolute atomic E-state index is 5.63. The van der Waals surface area contributed by atoms with Gasteiger partial charge in [0.1, 0.15) is 23.0 Å². The summed E-state index contributed by atoms with van der Waals surface area (Å²) in [5, 5.41) is 2.08. The Hall–Kier alpha value is -4.51. The van der Waals surface area contributed by atoms with E-state index in [1.807, 2.05) is 66.7 Å². The number of rotatable bonds is 7. The summed E-state index contributed by atoms with van der Waals surface area (Å²) in [6.45, 7) is 0. The quantitative estimate of drug-likeness (QED) is 0.247. The van der Waals surface area contributed by atoms with E-state index in [1.54, 1.807) is 28.4 Å². The van der Waals surface area contributed by atoms with E-state index in [-0.39, 0.29) is 0 Å². The van der Waals surface area contributed by atoms with E-state index in [9.17, 15) is 0 Å². The molecule has 5 rings (SSSR count). The molecule has 0 radical (unpaired) electrons. The van der Waals surface area contributed by atoms with Crippen LogP contribution in [0.15, 0.2) is 91.0 Å². The molecule has 180 valence electrons. The molecular formula is C31H27NO4. The summed E-state index contributed by atoms with van der Waals surface area (Å²) in [6.07, 6.45) is 0. The van der Waals surface area contributed by atoms with Gasteiger partial charge in [-0.05, 0) is 89.8 Å². The first-order chi connectivity index (χ1) is 17.6. The average molecular weight is 478 g/mol. The number of hydrogen-bond donors (Lipinski definition) is 0. The molecule has 0 fully saturated rings. The number of benzene rings is 4. The molecule has 5 aromatic rings. The van der Waals surface area contributed by atoms with Crippen molar-refractivity contribution in [3.05, 3.63) is 91.0 Å². The molecule has 1 heterocycles. The summed E-state index contributed by atoms with van der Waals surface area (Å²) in [5.74, 6) is 3.18. The lowest BCUT2D eigenvalue weighted by Gasteiger charge is -2.18. The highest BCUT2D eigenvalue weighted by molar-refractivity contribution is 6.08. The van der Waals surface area contributed by atoms with Crippen LogP contribution in [0.1, 0.15) is 0 Å². The van der Waals surface area contributed by atoms with Gasteiger partial charge in [0.05, 0.1) is 39.8 Å². The van der Waals surface area contributed by atoms with Crippen LogP contribution in [-0.2, 0) is 0 Å². The van der Waals surface area contributed by atoms with E-state index in [0.29, 0.717) is 0 Å². The Morgan fingerprint density at radius 1 is 0.417 bits per heavy atom. The van der Waals surface area contributed by atoms with Crippen molar-refractivity contribution in [3.8, 4) is 56.6 Å². The summed E-state index contributed by atoms with van der Waals surface area (Å²) in [4.78, 5) is 5.27. The second-order valence-corrected chi connectivity index (χ2v) is 8.28. The number of nitrogens with zero attached hydrogens (tertiary/aromatic N) is 1. The summed E-state index contributed by atoms with van der Waals surface area (Å²) in [7, 11) is 6.69. The van der Waals surface area contributed by atoms with Crippen LogP contribution >= 0.6 is 0 Å². The van der Waals surface area contributed by atoms with Crippen LogP contribution in [0.3, 0.4) is 0 Å². The minimum absolute atomic E-state index is 0.782. The molecular weight excluding hydrogens is 450 g/mol. The third kappa shape index (κ3) is 4.31. The molecule has 36 heavy (non-hydrogen) atoms. The molecule has 0 saturated carbocycles. The molecule has 0 unspecified atom stereocenters. The van der Waals surface area contributed by atoms with Gasteiger partial charge in [0.25, 0.3) is 0 Å². The maximum Gasteiger partial charge on any atom is 0.119 e. The highest BCUT2D eigenvalue weighted by Crippen LogP contribution is 2.42. The van der Waals surface area contributed by atoms with Gasteiger partial charge in [-0.2, -0.15) is 0 Å². The summed E-state index contributed by atoms with van der Waals surface area (Å²) < 4.78 is 21.8. The van der Waals surface area contributed by atoms with Crippen LogP contribution in [0.25, 0.3) is 44.4 Å². The summed E-state index contributed by atoms with van der Waals surface area (Å²) in [5.41, 5.74) is 5.80. The fraction of sp³-hybridized carbons (Fsp3) is 0.129. The van der Waals surface area contributed by atoms with Crippen LogP contribution in [0.4, 0.5) is 0 Å². The largest absolute Gasteiger partial charge is 0.497 e. The number of pyridine rings is 1. The smallest absolute Gasteiger partial charge is 0.119 e. The Kier molecular flexibility index (Phi) is 6.46. The number of ether oxygens (including phenoxy) is 4. The predicted octanol–water partition coefficient (Wildman–Crippen LogP) is 7.27. The first-order valence-electron chi connectivity index (χ1n) is 11.6. The van der Waals surface area contributed by atoms with Crippen LogP contribution < -0.4 is 18.9 Å². The minimum Gasteiger partial charge on any atom is -0.497 e. The zero-order valence-corrected chi connectivity index (χ0v) is 20.7. The molecule has 5 nitrogen and oxygen atoms in total. The fourth-order valence-electron chi connectivity index (χ4n) is 4.40. The molecule has 0 bridgehead atoms. The van der Waals surface area contributed by atoms with Crippen LogP contribution in [0, 0.1) is 0 Å². The van der Waals surface area contributed by atoms with Crippen molar-refractivity contribution >= 4 is 10.8 Å². The Morgan fingerprint density at radius 3 is 1.31 bits per heavy atom. The van der Waals surface area contributed by atoms with Crippen molar-refractivity contribution in [3.63, 3.8) is 0 Å². The van der Waals surface area contributed by atoms with Crippen molar-refractivity contribution < 1.29 is 18.9 Å². The van der Waals surface area contributed by atoms with E-state index in [0.717, 1.165) is 67.4 Å². The highest BCUT2D eigenvalue weighted by atomic mass is 16.5. The molecule has 0 atom stereocenters. The van der Waals surface area contributed by atoms with E-state index in [2.05, 4.69) is 24.3 Å². The lowest BCUT2D eigenvalue weighted by Crippen LogP contribution is -1.97. The third-order valence-corrected chi connectivity index (χ3v) is 6.32. The second-order valence-electron chi connectivity index (χ2n) is 8.28. The number of fused-ring (bicyclic) bond motifs is 1. The lowest BCUT2D eigenvalue weighted by atomic mass is 9.91. The minimum atomic E-state index is 0.782. The van der Waals surface area contributed by atoms with Gasteiger partial charge in [0.2, 0.25) is 0 Å². The Balaban J connectivity index is 1.86. The van der Waals surface area contributed by atoms with Gasteiger partial charge >= 0.3 is 0 Å². The van der Waals surface area contributed by atoms with E-state index in [4.69, 9.17) is 23.9 Å². The van der Waals surface area contributed by atoms with Gasteiger partial charge < -0.3 is 18.9 Å². The van der Waals surface area contributed by atoms with Gasteiger partial charge in [0, 0.05) is 22.1 Å². The number of methoxy groups -OCH3 is 4. The summed E-state index contributed by atoms with van der Waals surface area (Å²) >= 11 is 0. The molecule has 0 aliphatic carbocycles. The van der Waals surface area contributed by atoms with Gasteiger partial charge in [-0.15, -0.1) is 0 Å². The molecule has 4 aromatic carbocycles. The normalized spacial score (nSPS) is 10.8. The maximum atomic E-state index is 5.63. The second kappa shape index (κ2) is 10.0. The molecule has 0 spiro atoms. The molecule has 0 saturated heterocycles. The van der Waals surface area contributed by atoms with Crippen molar-refractivity contribution in [2.24, 2.45) is 0 Å². The molecule has 0 amide bonds. The zero-order chi connectivity index (χ0) is 25.1. The van der Waals surface area contributed by atoms with Gasteiger partial charge in [-0.25, -0.2) is 4.98 Å². The molecule has 5 heteroatoms. The first kappa shape index (κ1) is 23.2. The van der Waals surface area contributed by atoms with Gasteiger partial charge in [-0.3, -0.25) is 0 Å². The lowest BCUT2D eigenvalue weighted by molar-refractivity contribution is 0.414. The average Bonchev–Trinajstić information content (AvgIpc) is 2.96. The van der Waals surface area contributed by atoms with Crippen molar-refractivity contribution in [2.45, 2.75) is 0 Å². The summed E-state index contributed by atoms with van der Waals surface area (Å²) in [6, 6.07) is 30.2. The Bertz CT molecular complexity index is 1490. The Morgan fingerprint density at radius 2 is 0.833 bits per heavy atom. The van der Waals surface area contributed by atoms with E-state index in [1.165, 1.54) is 0 Å². The standard InChI is InChI=1S/C31H27NO4/c1-33-23-11-5-20(6-12-23)29-28-19-26(36-4)17-18-27(28)30(21-7-13-24(34-2)14-8-21)32-31(29)22-9-15-25(35-3)16-10-22/h5-19H,1-4H3. The van der Waals surface area contributed by atoms with Crippen molar-refractivity contribution in [2.75, 3.05) is 28.4 Å². The van der Waals surface area contributed by atoms with Gasteiger partial charge in [0.15, 0.2) is 0 Å². The van der Waals surface area contributed by atoms with E-state index >= 15 is 0 Å². The molecule has 0 aliphatic heterocycles. The Labute approximate surface area is 210 Å². The highest BCUT2D eigenvalue weighted by Gasteiger charge is 2.19. The van der Waals surface area contributed by atoms with E-state index < -0.39 is 0 Å². The van der Waals surface area contributed by atoms with Crippen LogP contribution in [0.5, 0.6) is 23.0 Å². The number of hydrogen-bond acceptors (Lipinski definition) is 5. The SMILES string of the molecule is COc1ccc(-c2nc(-c3ccc(OC)cc3)c3ccc(OC)cc3c2-c2ccc(OC)cc2)cc1. The predicted molar refractivity (Wildman–Crippen MR) is 144 cm³/mol. The molecule has 0 N–H and O–H groups in total. The fourth-order valence-corrected chi connectivity index (χ4v) is 4.40. The van der Waals surface area contributed by atoms with Crippen LogP contribution in [0.2, 0.25) is 0 Å². The molecule has 1 aromatic heterocycles. The van der Waals surface area contributed by atoms with Crippen LogP contribution in [-0.4, -0.2) is 33.4 Å². The zero-order valence-electron chi connectivity index (χ0n) is 20.7. The topological polar surface area (TPSA) is 49.8 Å². The number of aromatic nitrogens is 1.